The molecule has 6 rings (SSSR count). The minimum absolute atomic E-state index is 0.205. The van der Waals surface area contributed by atoms with E-state index in [1.54, 1.807) is 12.1 Å². The number of para-hydroxylation sites is 1. The number of aromatic nitrogens is 3. The lowest BCUT2D eigenvalue weighted by Crippen LogP contribution is -2.53. The van der Waals surface area contributed by atoms with Gasteiger partial charge in [0.15, 0.2) is 0 Å². The predicted octanol–water partition coefficient (Wildman–Crippen LogP) is 5.25. The summed E-state index contributed by atoms with van der Waals surface area (Å²) in [4.78, 5) is 11.6. The maximum absolute atomic E-state index is 8.12. The van der Waals surface area contributed by atoms with Crippen LogP contribution in [0.2, 0.25) is 0 Å². The van der Waals surface area contributed by atoms with E-state index in [0.717, 1.165) is 67.5 Å². The van der Waals surface area contributed by atoms with E-state index in [1.807, 2.05) is 12.1 Å². The number of hydrogen-bond acceptors (Lipinski definition) is 6. The molecule has 1 saturated carbocycles. The zero-order chi connectivity index (χ0) is 28.8. The number of nitrogens with one attached hydrogen (secondary N) is 1. The van der Waals surface area contributed by atoms with Crippen LogP contribution in [0.25, 0.3) is 22.2 Å². The molecule has 0 radical (unpaired) electrons. The molecule has 1 aliphatic heterocycles. The highest BCUT2D eigenvalue weighted by molar-refractivity contribution is 6.00. The Kier molecular flexibility index (Phi) is 4.93. The third-order valence-corrected chi connectivity index (χ3v) is 7.48. The molecule has 7 heteroatoms. The van der Waals surface area contributed by atoms with Gasteiger partial charge in [-0.3, -0.25) is 4.90 Å². The molecule has 2 aromatic carbocycles. The van der Waals surface area contributed by atoms with Gasteiger partial charge in [0.1, 0.15) is 29.3 Å². The van der Waals surface area contributed by atoms with E-state index in [9.17, 15) is 0 Å². The van der Waals surface area contributed by atoms with Gasteiger partial charge in [-0.1, -0.05) is 30.3 Å². The first-order valence-electron chi connectivity index (χ1n) is 15.2. The molecule has 3 heterocycles. The lowest BCUT2D eigenvalue weighted by Gasteiger charge is -2.41. The number of nitrogens with zero attached hydrogens (tertiary/aromatic N) is 4. The minimum Gasteiger partial charge on any atom is -0.457 e. The average molecular weight is 488 g/mol. The molecule has 0 unspecified atom stereocenters. The van der Waals surface area contributed by atoms with Crippen molar-refractivity contribution in [1.29, 1.82) is 0 Å². The molecule has 0 bridgehead atoms. The Balaban J connectivity index is 1.26. The molecule has 36 heavy (non-hydrogen) atoms. The number of piperazine rings is 1. The minimum atomic E-state index is -0.453. The second kappa shape index (κ2) is 9.91. The van der Waals surface area contributed by atoms with Gasteiger partial charge in [-0.05, 0) is 62.4 Å². The van der Waals surface area contributed by atoms with Crippen LogP contribution in [-0.2, 0) is 0 Å². The SMILES string of the molecule is [2H]c1c([2H])c([2H])c(Oc2ccc(-c3cn([C@H]4CC[C@H](N5CCN[C@@H](C)C5)CC4)c4ncnc(N)c34)cc2)c([2H])c1[2H]. The maximum atomic E-state index is 8.12. The van der Waals surface area contributed by atoms with Crippen LogP contribution in [0.3, 0.4) is 0 Å². The summed E-state index contributed by atoms with van der Waals surface area (Å²) in [5.74, 6) is 0.580. The molecule has 2 aliphatic rings. The van der Waals surface area contributed by atoms with Gasteiger partial charge in [0.25, 0.3) is 0 Å². The van der Waals surface area contributed by atoms with E-state index in [4.69, 9.17) is 17.3 Å². The van der Waals surface area contributed by atoms with Gasteiger partial charge in [0, 0.05) is 49.5 Å². The number of fused-ring (bicyclic) bond motifs is 1. The Hall–Kier alpha value is -3.42. The first-order chi connectivity index (χ1) is 19.7. The number of nitrogen functional groups attached to an aromatic ring is 1. The molecule has 4 aromatic rings. The standard InChI is InChI=1S/C29H34N6O/c1-20-17-34(16-15-31-20)22-9-11-23(12-10-22)35-18-26(27-28(30)32-19-33-29(27)35)21-7-13-25(14-8-21)36-24-5-3-2-4-6-24/h2-8,13-14,18-20,22-23,31H,9-12,15-17H2,1H3,(H2,30,32,33)/t20-,22-,23-/m0/s1/i2D,3D,4D,5D,6D. The fourth-order valence-electron chi connectivity index (χ4n) is 5.71. The van der Waals surface area contributed by atoms with Crippen LogP contribution in [0.15, 0.2) is 67.0 Å². The topological polar surface area (TPSA) is 81.2 Å². The summed E-state index contributed by atoms with van der Waals surface area (Å²) in [6.07, 6.45) is 8.08. The molecule has 1 saturated heterocycles. The third kappa shape index (κ3) is 4.56. The average Bonchev–Trinajstić information content (AvgIpc) is 3.39. The number of nitrogens with two attached hydrogens (primary N) is 1. The highest BCUT2D eigenvalue weighted by Gasteiger charge is 2.30. The lowest BCUT2D eigenvalue weighted by atomic mass is 9.89. The first kappa shape index (κ1) is 17.9. The maximum Gasteiger partial charge on any atom is 0.146 e. The number of ether oxygens (including phenoxy) is 1. The first-order valence-corrected chi connectivity index (χ1v) is 12.7. The molecule has 0 spiro atoms. The van der Waals surface area contributed by atoms with Crippen LogP contribution < -0.4 is 15.8 Å². The lowest BCUT2D eigenvalue weighted by molar-refractivity contribution is 0.107. The second-order valence-electron chi connectivity index (χ2n) is 9.80. The van der Waals surface area contributed by atoms with Crippen molar-refractivity contribution in [2.75, 3.05) is 25.4 Å². The summed E-state index contributed by atoms with van der Waals surface area (Å²) in [7, 11) is 0. The molecule has 2 aromatic heterocycles. The second-order valence-corrected chi connectivity index (χ2v) is 9.80. The van der Waals surface area contributed by atoms with E-state index >= 15 is 0 Å². The summed E-state index contributed by atoms with van der Waals surface area (Å²) in [6.45, 7) is 5.51. The Morgan fingerprint density at radius 3 is 2.50 bits per heavy atom. The summed E-state index contributed by atoms with van der Waals surface area (Å²) < 4.78 is 47.8. The summed E-state index contributed by atoms with van der Waals surface area (Å²) in [6, 6.07) is 6.58. The number of anilines is 1. The fourth-order valence-corrected chi connectivity index (χ4v) is 5.71. The van der Waals surface area contributed by atoms with Crippen molar-refractivity contribution in [2.45, 2.75) is 50.7 Å². The van der Waals surface area contributed by atoms with E-state index in [2.05, 4.69) is 37.9 Å². The molecule has 186 valence electrons. The normalized spacial score (nSPS) is 25.0. The Morgan fingerprint density at radius 2 is 1.75 bits per heavy atom. The van der Waals surface area contributed by atoms with E-state index in [-0.39, 0.29) is 17.8 Å². The van der Waals surface area contributed by atoms with Crippen molar-refractivity contribution in [3.8, 4) is 22.6 Å². The Bertz CT molecular complexity index is 1560. The van der Waals surface area contributed by atoms with Gasteiger partial charge in [-0.15, -0.1) is 0 Å². The van der Waals surface area contributed by atoms with Gasteiger partial charge in [0.05, 0.1) is 12.2 Å². The van der Waals surface area contributed by atoms with E-state index in [1.165, 1.54) is 6.33 Å². The van der Waals surface area contributed by atoms with Crippen molar-refractivity contribution < 1.29 is 11.6 Å². The predicted molar refractivity (Wildman–Crippen MR) is 144 cm³/mol. The summed E-state index contributed by atoms with van der Waals surface area (Å²) >= 11 is 0. The van der Waals surface area contributed by atoms with Crippen molar-refractivity contribution in [2.24, 2.45) is 0 Å². The number of rotatable bonds is 5. The quantitative estimate of drug-likeness (QED) is 0.400. The van der Waals surface area contributed by atoms with Gasteiger partial charge in [-0.2, -0.15) is 0 Å². The van der Waals surface area contributed by atoms with Crippen LogP contribution >= 0.6 is 0 Å². The van der Waals surface area contributed by atoms with Crippen LogP contribution in [0.5, 0.6) is 11.5 Å². The van der Waals surface area contributed by atoms with Crippen LogP contribution in [0.1, 0.15) is 45.5 Å². The van der Waals surface area contributed by atoms with Crippen LogP contribution in [0.4, 0.5) is 5.82 Å². The van der Waals surface area contributed by atoms with Crippen molar-refractivity contribution in [3.63, 3.8) is 0 Å². The third-order valence-electron chi connectivity index (χ3n) is 7.48. The number of benzene rings is 2. The molecule has 1 atom stereocenters. The van der Waals surface area contributed by atoms with Gasteiger partial charge in [0.2, 0.25) is 0 Å². The van der Waals surface area contributed by atoms with Crippen molar-refractivity contribution in [1.82, 2.24) is 24.8 Å². The number of hydrogen-bond donors (Lipinski definition) is 2. The van der Waals surface area contributed by atoms with Crippen LogP contribution in [-0.4, -0.2) is 51.2 Å². The molecular formula is C29H34N6O. The smallest absolute Gasteiger partial charge is 0.146 e. The van der Waals surface area contributed by atoms with Gasteiger partial charge in [-0.25, -0.2) is 9.97 Å². The largest absolute Gasteiger partial charge is 0.457 e. The Labute approximate surface area is 219 Å². The Morgan fingerprint density at radius 1 is 1.00 bits per heavy atom. The molecule has 3 N–H and O–H groups in total. The van der Waals surface area contributed by atoms with E-state index < -0.39 is 18.1 Å². The fraction of sp³-hybridized carbons (Fsp3) is 0.379. The van der Waals surface area contributed by atoms with E-state index in [0.29, 0.717) is 29.7 Å². The zero-order valence-corrected chi connectivity index (χ0v) is 20.4. The highest BCUT2D eigenvalue weighted by Crippen LogP contribution is 2.39. The van der Waals surface area contributed by atoms with Crippen molar-refractivity contribution >= 4 is 16.9 Å². The highest BCUT2D eigenvalue weighted by atomic mass is 16.5. The zero-order valence-electron chi connectivity index (χ0n) is 25.4. The summed E-state index contributed by atoms with van der Waals surface area (Å²) in [5, 5.41) is 4.35. The monoisotopic (exact) mass is 487 g/mol. The molecule has 2 fully saturated rings. The summed E-state index contributed by atoms with van der Waals surface area (Å²) in [5.41, 5.74) is 9.02. The van der Waals surface area contributed by atoms with Gasteiger partial charge < -0.3 is 20.4 Å². The molecular weight excluding hydrogens is 448 g/mol. The molecule has 0 amide bonds. The molecule has 1 aliphatic carbocycles. The van der Waals surface area contributed by atoms with Crippen molar-refractivity contribution in [3.05, 3.63) is 67.0 Å². The van der Waals surface area contributed by atoms with Crippen LogP contribution in [0, 0.1) is 0 Å². The molecule has 7 nitrogen and oxygen atoms in total. The van der Waals surface area contributed by atoms with Gasteiger partial charge >= 0.3 is 0 Å².